The first-order valence-corrected chi connectivity index (χ1v) is 15.6. The van der Waals surface area contributed by atoms with Crippen molar-refractivity contribution < 1.29 is 19.7 Å². The smallest absolute Gasteiger partial charge is 0.305 e. The summed E-state index contributed by atoms with van der Waals surface area (Å²) in [6, 6.07) is 27.0. The number of carboxylic acids is 1. The summed E-state index contributed by atoms with van der Waals surface area (Å²) >= 11 is 8.20. The molecule has 0 spiro atoms. The number of nitrogens with zero attached hydrogens (tertiary/aromatic N) is 2. The number of allylic oxidation sites excluding steroid dienone is 4. The fourth-order valence-corrected chi connectivity index (χ4v) is 7.28. The Balaban J connectivity index is 1.24. The Hall–Kier alpha value is -4.53. The third-order valence-corrected chi connectivity index (χ3v) is 9.51. The van der Waals surface area contributed by atoms with E-state index < -0.39 is 5.97 Å². The van der Waals surface area contributed by atoms with Gasteiger partial charge in [0.1, 0.15) is 5.75 Å². The molecule has 0 aliphatic carbocycles. The second-order valence-electron chi connectivity index (χ2n) is 9.63. The maximum absolute atomic E-state index is 10.9. The summed E-state index contributed by atoms with van der Waals surface area (Å²) in [5.41, 5.74) is 4.15. The summed E-state index contributed by atoms with van der Waals surface area (Å²) in [6.07, 6.45) is 9.14. The average Bonchev–Trinajstić information content (AvgIpc) is 3.51. The van der Waals surface area contributed by atoms with Crippen LogP contribution in [0.5, 0.6) is 11.6 Å². The maximum atomic E-state index is 10.9. The van der Waals surface area contributed by atoms with Crippen LogP contribution in [0.3, 0.4) is 0 Å². The molecule has 0 saturated heterocycles. The SMILES string of the molecule is O=C(O)CCn1c(O)c(C=C=CC=CC=C2Sc3c(ccc4ccccc34)N2COc2cccc3ccccc23)sc1=S. The van der Waals surface area contributed by atoms with Crippen LogP contribution in [-0.2, 0) is 11.3 Å². The standard InChI is InChI=1S/C34H26N2O4S3/c37-31(38)20-21-35-33(39)29(42-34(35)41)16-3-1-2-4-17-30-36(22-40-28-15-9-12-23-10-5-7-13-25(23)28)27-19-18-24-11-6-8-14-26(24)32(27)43-30/h1-2,4-19,39H,20-22H2,(H,37,38). The lowest BCUT2D eigenvalue weighted by atomic mass is 10.1. The molecule has 9 heteroatoms. The second-order valence-corrected chi connectivity index (χ2v) is 12.3. The van der Waals surface area contributed by atoms with Crippen LogP contribution in [0.4, 0.5) is 5.69 Å². The summed E-state index contributed by atoms with van der Waals surface area (Å²) in [5, 5.41) is 25.0. The highest BCUT2D eigenvalue weighted by Crippen LogP contribution is 2.49. The molecule has 0 atom stereocenters. The van der Waals surface area contributed by atoms with Crippen molar-refractivity contribution in [1.29, 1.82) is 0 Å². The summed E-state index contributed by atoms with van der Waals surface area (Å²) in [5.74, 6) is -0.153. The number of carboxylic acid groups (broad SMARTS) is 1. The zero-order valence-corrected chi connectivity index (χ0v) is 25.3. The zero-order chi connectivity index (χ0) is 29.8. The molecule has 6 nitrogen and oxygen atoms in total. The maximum Gasteiger partial charge on any atom is 0.305 e. The lowest BCUT2D eigenvalue weighted by molar-refractivity contribution is -0.137. The number of anilines is 1. The van der Waals surface area contributed by atoms with E-state index in [1.807, 2.05) is 42.5 Å². The van der Waals surface area contributed by atoms with E-state index in [2.05, 4.69) is 65.2 Å². The third-order valence-electron chi connectivity index (χ3n) is 6.92. The minimum absolute atomic E-state index is 0.0440. The van der Waals surface area contributed by atoms with Crippen LogP contribution in [0.1, 0.15) is 11.3 Å². The Kier molecular flexibility index (Phi) is 8.49. The predicted molar refractivity (Wildman–Crippen MR) is 179 cm³/mol. The molecule has 0 fully saturated rings. The number of ether oxygens (including phenoxy) is 1. The number of aromatic nitrogens is 1. The Morgan fingerprint density at radius 1 is 0.953 bits per heavy atom. The van der Waals surface area contributed by atoms with E-state index in [-0.39, 0.29) is 18.8 Å². The number of thioether (sulfide) groups is 1. The molecule has 214 valence electrons. The van der Waals surface area contributed by atoms with E-state index in [9.17, 15) is 9.90 Å². The van der Waals surface area contributed by atoms with Gasteiger partial charge in [0.15, 0.2) is 10.7 Å². The van der Waals surface area contributed by atoms with Gasteiger partial charge in [0.2, 0.25) is 5.88 Å². The van der Waals surface area contributed by atoms with E-state index in [1.165, 1.54) is 31.6 Å². The fraction of sp³-hybridized carbons (Fsp3) is 0.0882. The van der Waals surface area contributed by atoms with Gasteiger partial charge < -0.3 is 19.8 Å². The molecule has 2 N–H and O–H groups in total. The molecule has 1 aliphatic heterocycles. The largest absolute Gasteiger partial charge is 0.493 e. The van der Waals surface area contributed by atoms with E-state index in [0.29, 0.717) is 15.6 Å². The van der Waals surface area contributed by atoms with Crippen molar-refractivity contribution in [2.75, 3.05) is 11.6 Å². The van der Waals surface area contributed by atoms with Crippen LogP contribution in [0.15, 0.2) is 119 Å². The number of aromatic hydroxyl groups is 1. The molecule has 1 aliphatic rings. The first-order chi connectivity index (χ1) is 21.0. The minimum atomic E-state index is -0.945. The van der Waals surface area contributed by atoms with Gasteiger partial charge in [-0.3, -0.25) is 9.36 Å². The Morgan fingerprint density at radius 3 is 2.51 bits per heavy atom. The van der Waals surface area contributed by atoms with Crippen molar-refractivity contribution in [3.63, 3.8) is 0 Å². The highest BCUT2D eigenvalue weighted by atomic mass is 32.2. The summed E-state index contributed by atoms with van der Waals surface area (Å²) < 4.78 is 8.25. The first kappa shape index (κ1) is 28.6. The summed E-state index contributed by atoms with van der Waals surface area (Å²) in [4.78, 5) is 14.8. The van der Waals surface area contributed by atoms with E-state index in [4.69, 9.17) is 22.1 Å². The van der Waals surface area contributed by atoms with Crippen LogP contribution < -0.4 is 9.64 Å². The van der Waals surface area contributed by atoms with E-state index >= 15 is 0 Å². The lowest BCUT2D eigenvalue weighted by Gasteiger charge is -2.21. The number of thiazole rings is 1. The summed E-state index contributed by atoms with van der Waals surface area (Å²) in [6.45, 7) is 0.474. The van der Waals surface area contributed by atoms with Crippen molar-refractivity contribution in [1.82, 2.24) is 4.57 Å². The van der Waals surface area contributed by atoms with Gasteiger partial charge in [-0.2, -0.15) is 0 Å². The topological polar surface area (TPSA) is 74.9 Å². The molecule has 1 aromatic heterocycles. The molecule has 6 rings (SSSR count). The fourth-order valence-electron chi connectivity index (χ4n) is 4.83. The van der Waals surface area contributed by atoms with Gasteiger partial charge in [-0.15, -0.1) is 17.1 Å². The van der Waals surface area contributed by atoms with E-state index in [0.717, 1.165) is 27.2 Å². The molecule has 0 radical (unpaired) electrons. The number of hydrogen-bond donors (Lipinski definition) is 2. The van der Waals surface area contributed by atoms with Crippen molar-refractivity contribution in [2.45, 2.75) is 17.9 Å². The molecule has 0 amide bonds. The Morgan fingerprint density at radius 2 is 1.70 bits per heavy atom. The number of aliphatic carboxylic acids is 1. The quantitative estimate of drug-likeness (QED) is 0.0965. The molecular weight excluding hydrogens is 597 g/mol. The van der Waals surface area contributed by atoms with Crippen LogP contribution in [0, 0.1) is 3.95 Å². The van der Waals surface area contributed by atoms with Gasteiger partial charge in [0.05, 0.1) is 22.0 Å². The van der Waals surface area contributed by atoms with Gasteiger partial charge in [-0.1, -0.05) is 90.6 Å². The molecule has 0 unspecified atom stereocenters. The molecule has 0 bridgehead atoms. The van der Waals surface area contributed by atoms with Crippen molar-refractivity contribution in [2.24, 2.45) is 0 Å². The van der Waals surface area contributed by atoms with Gasteiger partial charge in [0, 0.05) is 22.9 Å². The molecule has 4 aromatic carbocycles. The average molecular weight is 623 g/mol. The van der Waals surface area contributed by atoms with Crippen molar-refractivity contribution in [3.8, 4) is 11.6 Å². The molecular formula is C34H26N2O4S3. The van der Waals surface area contributed by atoms with E-state index in [1.54, 1.807) is 23.9 Å². The Labute approximate surface area is 261 Å². The van der Waals surface area contributed by atoms with Crippen molar-refractivity contribution >= 4 is 74.6 Å². The lowest BCUT2D eigenvalue weighted by Crippen LogP contribution is -2.23. The number of hydrogen-bond acceptors (Lipinski definition) is 7. The van der Waals surface area contributed by atoms with Crippen molar-refractivity contribution in [3.05, 3.63) is 123 Å². The minimum Gasteiger partial charge on any atom is -0.493 e. The second kappa shape index (κ2) is 12.8. The highest BCUT2D eigenvalue weighted by Gasteiger charge is 2.27. The number of benzene rings is 4. The predicted octanol–water partition coefficient (Wildman–Crippen LogP) is 8.98. The number of carbonyl (C=O) groups is 1. The normalized spacial score (nSPS) is 13.5. The van der Waals surface area contributed by atoms with Crippen LogP contribution >= 0.6 is 35.3 Å². The van der Waals surface area contributed by atoms with Crippen LogP contribution in [0.25, 0.3) is 27.6 Å². The number of fused-ring (bicyclic) bond motifs is 4. The first-order valence-electron chi connectivity index (χ1n) is 13.5. The van der Waals surface area contributed by atoms with Crippen LogP contribution in [-0.4, -0.2) is 27.5 Å². The van der Waals surface area contributed by atoms with Gasteiger partial charge >= 0.3 is 5.97 Å². The Bertz CT molecular complexity index is 2030. The van der Waals surface area contributed by atoms with Gasteiger partial charge in [-0.05, 0) is 52.7 Å². The van der Waals surface area contributed by atoms with Gasteiger partial charge in [-0.25, -0.2) is 0 Å². The number of rotatable bonds is 9. The van der Waals surface area contributed by atoms with Gasteiger partial charge in [0.25, 0.3) is 0 Å². The molecule has 0 saturated carbocycles. The molecule has 43 heavy (non-hydrogen) atoms. The van der Waals surface area contributed by atoms with Crippen LogP contribution in [0.2, 0.25) is 0 Å². The molecule has 2 heterocycles. The zero-order valence-electron chi connectivity index (χ0n) is 22.8. The summed E-state index contributed by atoms with van der Waals surface area (Å²) in [7, 11) is 0. The monoisotopic (exact) mass is 622 g/mol. The third kappa shape index (κ3) is 6.16. The highest BCUT2D eigenvalue weighted by molar-refractivity contribution is 8.04. The molecule has 5 aromatic rings.